The van der Waals surface area contributed by atoms with E-state index in [9.17, 15) is 4.79 Å². The smallest absolute Gasteiger partial charge is 0.335 e. The number of carbonyl (C=O) groups is 1. The predicted molar refractivity (Wildman–Crippen MR) is 53.9 cm³/mol. The van der Waals surface area contributed by atoms with E-state index in [-0.39, 0.29) is 11.7 Å². The van der Waals surface area contributed by atoms with Crippen LogP contribution in [0.3, 0.4) is 0 Å². The van der Waals surface area contributed by atoms with Crippen molar-refractivity contribution in [1.82, 2.24) is 0 Å². The molecule has 0 saturated heterocycles. The van der Waals surface area contributed by atoms with Crippen LogP contribution in [0.5, 0.6) is 5.75 Å². The van der Waals surface area contributed by atoms with E-state index >= 15 is 0 Å². The molecule has 0 aliphatic rings. The lowest BCUT2D eigenvalue weighted by Gasteiger charge is -2.11. The van der Waals surface area contributed by atoms with Gasteiger partial charge < -0.3 is 9.84 Å². The Hall–Kier alpha value is -2.02. The molecular weight excluding hydrogens is 194 g/mol. The van der Waals surface area contributed by atoms with Gasteiger partial charge in [0.15, 0.2) is 0 Å². The molecule has 1 aromatic carbocycles. The average Bonchev–Trinajstić information content (AvgIpc) is 2.16. The van der Waals surface area contributed by atoms with Crippen molar-refractivity contribution in [2.24, 2.45) is 0 Å². The maximum absolute atomic E-state index is 10.7. The van der Waals surface area contributed by atoms with Crippen molar-refractivity contribution >= 4 is 5.97 Å². The van der Waals surface area contributed by atoms with Crippen LogP contribution in [0.4, 0.5) is 0 Å². The SMILES string of the molecule is CC(C)Oc1cc(C(=O)O)ccc1C#N. The maximum Gasteiger partial charge on any atom is 0.335 e. The number of hydrogen-bond acceptors (Lipinski definition) is 3. The lowest BCUT2D eigenvalue weighted by Crippen LogP contribution is -2.08. The first-order chi connectivity index (χ1) is 7.04. The van der Waals surface area contributed by atoms with E-state index in [2.05, 4.69) is 0 Å². The van der Waals surface area contributed by atoms with Crippen molar-refractivity contribution in [2.75, 3.05) is 0 Å². The molecule has 0 aliphatic carbocycles. The number of ether oxygens (including phenoxy) is 1. The van der Waals surface area contributed by atoms with Gasteiger partial charge in [-0.2, -0.15) is 5.26 Å². The zero-order chi connectivity index (χ0) is 11.4. The largest absolute Gasteiger partial charge is 0.490 e. The summed E-state index contributed by atoms with van der Waals surface area (Å²) < 4.78 is 5.34. The third-order valence-electron chi connectivity index (χ3n) is 1.71. The summed E-state index contributed by atoms with van der Waals surface area (Å²) in [6.45, 7) is 3.63. The number of aromatic carboxylic acids is 1. The topological polar surface area (TPSA) is 70.3 Å². The average molecular weight is 205 g/mol. The van der Waals surface area contributed by atoms with E-state index in [0.29, 0.717) is 11.3 Å². The Morgan fingerprint density at radius 1 is 1.53 bits per heavy atom. The summed E-state index contributed by atoms with van der Waals surface area (Å²) in [6, 6.07) is 6.14. The second-order valence-corrected chi connectivity index (χ2v) is 3.29. The fourth-order valence-electron chi connectivity index (χ4n) is 1.10. The minimum atomic E-state index is -1.03. The fraction of sp³-hybridized carbons (Fsp3) is 0.273. The number of carboxylic acids is 1. The first kappa shape index (κ1) is 11.1. The normalized spacial score (nSPS) is 9.73. The molecule has 1 aromatic rings. The lowest BCUT2D eigenvalue weighted by atomic mass is 10.1. The number of nitrogens with zero attached hydrogens (tertiary/aromatic N) is 1. The van der Waals surface area contributed by atoms with Crippen LogP contribution in [-0.2, 0) is 0 Å². The molecule has 1 N–H and O–H groups in total. The van der Waals surface area contributed by atoms with Gasteiger partial charge in [0.2, 0.25) is 0 Å². The molecule has 0 bridgehead atoms. The summed E-state index contributed by atoms with van der Waals surface area (Å²) in [5.41, 5.74) is 0.457. The predicted octanol–water partition coefficient (Wildman–Crippen LogP) is 2.04. The zero-order valence-corrected chi connectivity index (χ0v) is 8.52. The Balaban J connectivity index is 3.14. The van der Waals surface area contributed by atoms with E-state index in [1.54, 1.807) is 0 Å². The second kappa shape index (κ2) is 4.47. The molecule has 78 valence electrons. The fourth-order valence-corrected chi connectivity index (χ4v) is 1.10. The van der Waals surface area contributed by atoms with Gasteiger partial charge in [-0.3, -0.25) is 0 Å². The van der Waals surface area contributed by atoms with Crippen molar-refractivity contribution < 1.29 is 14.6 Å². The van der Waals surface area contributed by atoms with Gasteiger partial charge in [0.1, 0.15) is 11.8 Å². The standard InChI is InChI=1S/C11H11NO3/c1-7(2)15-10-5-8(11(13)14)3-4-9(10)6-12/h3-5,7H,1-2H3,(H,13,14). The molecule has 0 aromatic heterocycles. The summed E-state index contributed by atoms with van der Waals surface area (Å²) in [7, 11) is 0. The van der Waals surface area contributed by atoms with Gasteiger partial charge in [0.25, 0.3) is 0 Å². The minimum Gasteiger partial charge on any atom is -0.490 e. The van der Waals surface area contributed by atoms with Gasteiger partial charge in [0, 0.05) is 0 Å². The van der Waals surface area contributed by atoms with Crippen LogP contribution in [-0.4, -0.2) is 17.2 Å². The summed E-state index contributed by atoms with van der Waals surface area (Å²) in [5, 5.41) is 17.6. The van der Waals surface area contributed by atoms with Crippen LogP contribution in [0.2, 0.25) is 0 Å². The number of rotatable bonds is 3. The van der Waals surface area contributed by atoms with Crippen LogP contribution in [0.15, 0.2) is 18.2 Å². The minimum absolute atomic E-state index is 0.0962. The van der Waals surface area contributed by atoms with Crippen molar-refractivity contribution in [3.8, 4) is 11.8 Å². The van der Waals surface area contributed by atoms with Crippen LogP contribution < -0.4 is 4.74 Å². The highest BCUT2D eigenvalue weighted by molar-refractivity contribution is 5.88. The zero-order valence-electron chi connectivity index (χ0n) is 8.52. The molecule has 0 spiro atoms. The third-order valence-corrected chi connectivity index (χ3v) is 1.71. The summed E-state index contributed by atoms with van der Waals surface area (Å²) in [6.07, 6.45) is -0.0962. The Morgan fingerprint density at radius 3 is 2.67 bits per heavy atom. The molecule has 0 radical (unpaired) electrons. The molecule has 0 heterocycles. The van der Waals surface area contributed by atoms with E-state index < -0.39 is 5.97 Å². The van der Waals surface area contributed by atoms with Crippen LogP contribution in [0.25, 0.3) is 0 Å². The highest BCUT2D eigenvalue weighted by Crippen LogP contribution is 2.21. The van der Waals surface area contributed by atoms with E-state index in [1.165, 1.54) is 18.2 Å². The molecule has 0 fully saturated rings. The lowest BCUT2D eigenvalue weighted by molar-refractivity contribution is 0.0696. The van der Waals surface area contributed by atoms with Crippen molar-refractivity contribution in [2.45, 2.75) is 20.0 Å². The summed E-state index contributed by atoms with van der Waals surface area (Å²) >= 11 is 0. The van der Waals surface area contributed by atoms with Gasteiger partial charge in [0.05, 0.1) is 17.2 Å². The van der Waals surface area contributed by atoms with Crippen LogP contribution >= 0.6 is 0 Å². The first-order valence-electron chi connectivity index (χ1n) is 4.48. The Kier molecular flexibility index (Phi) is 3.29. The molecule has 0 aliphatic heterocycles. The van der Waals surface area contributed by atoms with Crippen molar-refractivity contribution in [3.63, 3.8) is 0 Å². The van der Waals surface area contributed by atoms with Gasteiger partial charge in [-0.25, -0.2) is 4.79 Å². The highest BCUT2D eigenvalue weighted by atomic mass is 16.5. The molecule has 4 nitrogen and oxygen atoms in total. The Bertz CT molecular complexity index is 418. The Morgan fingerprint density at radius 2 is 2.20 bits per heavy atom. The molecule has 1 rings (SSSR count). The van der Waals surface area contributed by atoms with E-state index in [0.717, 1.165) is 0 Å². The number of hydrogen-bond donors (Lipinski definition) is 1. The Labute approximate surface area is 87.7 Å². The highest BCUT2D eigenvalue weighted by Gasteiger charge is 2.10. The van der Waals surface area contributed by atoms with Crippen LogP contribution in [0.1, 0.15) is 29.8 Å². The molecule has 4 heteroatoms. The van der Waals surface area contributed by atoms with E-state index in [1.807, 2.05) is 19.9 Å². The molecule has 0 atom stereocenters. The van der Waals surface area contributed by atoms with Gasteiger partial charge in [-0.15, -0.1) is 0 Å². The van der Waals surface area contributed by atoms with E-state index in [4.69, 9.17) is 15.1 Å². The second-order valence-electron chi connectivity index (χ2n) is 3.29. The van der Waals surface area contributed by atoms with Gasteiger partial charge in [-0.05, 0) is 32.0 Å². The number of benzene rings is 1. The molecule has 15 heavy (non-hydrogen) atoms. The molecule has 0 saturated carbocycles. The van der Waals surface area contributed by atoms with Crippen molar-refractivity contribution in [3.05, 3.63) is 29.3 Å². The molecule has 0 unspecified atom stereocenters. The number of carboxylic acid groups (broad SMARTS) is 1. The van der Waals surface area contributed by atoms with Gasteiger partial charge in [-0.1, -0.05) is 0 Å². The van der Waals surface area contributed by atoms with Crippen molar-refractivity contribution in [1.29, 1.82) is 5.26 Å². The summed E-state index contributed by atoms with van der Waals surface area (Å²) in [5.74, 6) is -0.722. The molecular formula is C11H11NO3. The maximum atomic E-state index is 10.7. The monoisotopic (exact) mass is 205 g/mol. The molecule has 0 amide bonds. The quantitative estimate of drug-likeness (QED) is 0.819. The van der Waals surface area contributed by atoms with Gasteiger partial charge >= 0.3 is 5.97 Å². The third kappa shape index (κ3) is 2.71. The number of nitriles is 1. The van der Waals surface area contributed by atoms with Crippen LogP contribution in [0, 0.1) is 11.3 Å². The summed E-state index contributed by atoms with van der Waals surface area (Å²) in [4.78, 5) is 10.7. The first-order valence-corrected chi connectivity index (χ1v) is 4.48.